The molecule has 4 nitrogen and oxygen atoms in total. The molecule has 0 saturated heterocycles. The number of hydrogen-bond donors (Lipinski definition) is 2. The number of carbonyl (C=O) groups excluding carboxylic acids is 2. The van der Waals surface area contributed by atoms with Crippen LogP contribution in [0, 0.1) is 0 Å². The lowest BCUT2D eigenvalue weighted by Gasteiger charge is -2.16. The fraction of sp³-hybridized carbons (Fsp3) is 0.263. The molecule has 0 fully saturated rings. The first-order valence-electron chi connectivity index (χ1n) is 7.78. The van der Waals surface area contributed by atoms with Gasteiger partial charge in [0.2, 0.25) is 11.8 Å². The van der Waals surface area contributed by atoms with Crippen LogP contribution in [-0.2, 0) is 16.1 Å². The van der Waals surface area contributed by atoms with Crippen molar-refractivity contribution in [2.45, 2.75) is 19.4 Å². The number of amides is 2. The molecule has 2 amide bonds. The average molecular weight is 342 g/mol. The summed E-state index contributed by atoms with van der Waals surface area (Å²) < 4.78 is 0. The molecule has 2 aromatic rings. The summed E-state index contributed by atoms with van der Waals surface area (Å²) in [5, 5.41) is 5.74. The van der Waals surface area contributed by atoms with Gasteiger partial charge >= 0.3 is 0 Å². The predicted octanol–water partition coefficient (Wildman–Crippen LogP) is 3.41. The molecule has 2 N–H and O–H groups in total. The zero-order chi connectivity index (χ0) is 17.4. The second kappa shape index (κ2) is 9.13. The number of carbonyl (C=O) groups is 2. The zero-order valence-corrected chi connectivity index (χ0v) is 14.7. The third kappa shape index (κ3) is 5.42. The Balaban J connectivity index is 2.01. The SMILES string of the molecule is CSC[C@@H](C(=O)NCc1cccc(NC(C)=O)c1)c1ccccc1. The Hall–Kier alpha value is -2.27. The Kier molecular flexibility index (Phi) is 6.88. The molecule has 0 aliphatic heterocycles. The Labute approximate surface area is 147 Å². The normalized spacial score (nSPS) is 11.6. The van der Waals surface area contributed by atoms with Crippen molar-refractivity contribution >= 4 is 29.3 Å². The van der Waals surface area contributed by atoms with E-state index >= 15 is 0 Å². The second-order valence-corrected chi connectivity index (χ2v) is 6.43. The first-order chi connectivity index (χ1) is 11.6. The number of thioether (sulfide) groups is 1. The molecule has 0 saturated carbocycles. The van der Waals surface area contributed by atoms with E-state index < -0.39 is 0 Å². The van der Waals surface area contributed by atoms with E-state index in [4.69, 9.17) is 0 Å². The van der Waals surface area contributed by atoms with E-state index in [-0.39, 0.29) is 17.7 Å². The summed E-state index contributed by atoms with van der Waals surface area (Å²) in [6.07, 6.45) is 2.00. The Bertz CT molecular complexity index is 689. The minimum Gasteiger partial charge on any atom is -0.351 e. The van der Waals surface area contributed by atoms with Crippen LogP contribution in [0.2, 0.25) is 0 Å². The van der Waals surface area contributed by atoms with Crippen LogP contribution in [0.4, 0.5) is 5.69 Å². The number of benzene rings is 2. The van der Waals surface area contributed by atoms with E-state index in [2.05, 4.69) is 10.6 Å². The third-order valence-corrected chi connectivity index (χ3v) is 4.23. The van der Waals surface area contributed by atoms with Gasteiger partial charge in [-0.15, -0.1) is 0 Å². The number of anilines is 1. The zero-order valence-electron chi connectivity index (χ0n) is 13.9. The number of hydrogen-bond acceptors (Lipinski definition) is 3. The lowest BCUT2D eigenvalue weighted by atomic mass is 10.00. The molecule has 0 bridgehead atoms. The molecule has 24 heavy (non-hydrogen) atoms. The van der Waals surface area contributed by atoms with Crippen molar-refractivity contribution in [2.75, 3.05) is 17.3 Å². The fourth-order valence-electron chi connectivity index (χ4n) is 2.45. The highest BCUT2D eigenvalue weighted by Gasteiger charge is 2.19. The molecular formula is C19H22N2O2S. The van der Waals surface area contributed by atoms with Gasteiger partial charge in [-0.2, -0.15) is 11.8 Å². The molecule has 0 aromatic heterocycles. The largest absolute Gasteiger partial charge is 0.351 e. The van der Waals surface area contributed by atoms with Crippen molar-refractivity contribution in [1.29, 1.82) is 0 Å². The van der Waals surface area contributed by atoms with Crippen LogP contribution in [0.1, 0.15) is 24.0 Å². The topological polar surface area (TPSA) is 58.2 Å². The van der Waals surface area contributed by atoms with Gasteiger partial charge in [0, 0.05) is 24.9 Å². The monoisotopic (exact) mass is 342 g/mol. The summed E-state index contributed by atoms with van der Waals surface area (Å²) in [5.74, 6) is 0.474. The molecule has 0 aliphatic rings. The van der Waals surface area contributed by atoms with Crippen LogP contribution in [0.3, 0.4) is 0 Å². The average Bonchev–Trinajstić information content (AvgIpc) is 2.58. The standard InChI is InChI=1S/C19H22N2O2S/c1-14(22)21-17-10-6-7-15(11-17)12-20-19(23)18(13-24-2)16-8-4-3-5-9-16/h3-11,18H,12-13H2,1-2H3,(H,20,23)(H,21,22)/t18-/m1/s1. The first kappa shape index (κ1) is 18.1. The van der Waals surface area contributed by atoms with Crippen molar-refractivity contribution in [3.05, 3.63) is 65.7 Å². The van der Waals surface area contributed by atoms with Gasteiger partial charge < -0.3 is 10.6 Å². The van der Waals surface area contributed by atoms with E-state index in [0.717, 1.165) is 22.6 Å². The minimum absolute atomic E-state index is 0.0143. The molecule has 2 aromatic carbocycles. The molecule has 126 valence electrons. The maximum Gasteiger partial charge on any atom is 0.228 e. The fourth-order valence-corrected chi connectivity index (χ4v) is 3.13. The van der Waals surface area contributed by atoms with Crippen molar-refractivity contribution in [3.8, 4) is 0 Å². The van der Waals surface area contributed by atoms with Gasteiger partial charge in [0.05, 0.1) is 5.92 Å². The van der Waals surface area contributed by atoms with Gasteiger partial charge in [-0.25, -0.2) is 0 Å². The number of rotatable bonds is 7. The van der Waals surface area contributed by atoms with Crippen LogP contribution in [0.5, 0.6) is 0 Å². The maximum absolute atomic E-state index is 12.6. The maximum atomic E-state index is 12.6. The van der Waals surface area contributed by atoms with Crippen LogP contribution >= 0.6 is 11.8 Å². The third-order valence-electron chi connectivity index (χ3n) is 3.57. The Morgan fingerprint density at radius 1 is 1.08 bits per heavy atom. The van der Waals surface area contributed by atoms with Crippen LogP contribution in [0.15, 0.2) is 54.6 Å². The Morgan fingerprint density at radius 3 is 2.50 bits per heavy atom. The highest BCUT2D eigenvalue weighted by atomic mass is 32.2. The predicted molar refractivity (Wildman–Crippen MR) is 100 cm³/mol. The quantitative estimate of drug-likeness (QED) is 0.811. The summed E-state index contributed by atoms with van der Waals surface area (Å²) in [6.45, 7) is 1.91. The highest BCUT2D eigenvalue weighted by molar-refractivity contribution is 7.98. The van der Waals surface area contributed by atoms with E-state index in [0.29, 0.717) is 6.54 Å². The van der Waals surface area contributed by atoms with E-state index in [9.17, 15) is 9.59 Å². The van der Waals surface area contributed by atoms with E-state index in [1.54, 1.807) is 11.8 Å². The van der Waals surface area contributed by atoms with Gasteiger partial charge in [0.15, 0.2) is 0 Å². The van der Waals surface area contributed by atoms with Gasteiger partial charge in [-0.1, -0.05) is 42.5 Å². The second-order valence-electron chi connectivity index (χ2n) is 5.52. The number of nitrogens with one attached hydrogen (secondary N) is 2. The lowest BCUT2D eigenvalue weighted by Crippen LogP contribution is -2.30. The molecule has 0 unspecified atom stereocenters. The summed E-state index contributed by atoms with van der Waals surface area (Å²) in [5.41, 5.74) is 2.71. The lowest BCUT2D eigenvalue weighted by molar-refractivity contribution is -0.122. The molecular weight excluding hydrogens is 320 g/mol. The molecule has 0 aliphatic carbocycles. The molecule has 1 atom stereocenters. The summed E-state index contributed by atoms with van der Waals surface area (Å²) in [6, 6.07) is 17.3. The molecule has 0 radical (unpaired) electrons. The van der Waals surface area contributed by atoms with Gasteiger partial charge in [0.25, 0.3) is 0 Å². The van der Waals surface area contributed by atoms with Crippen LogP contribution in [-0.4, -0.2) is 23.8 Å². The van der Waals surface area contributed by atoms with Crippen molar-refractivity contribution in [1.82, 2.24) is 5.32 Å². The minimum atomic E-state index is -0.167. The van der Waals surface area contributed by atoms with Crippen molar-refractivity contribution in [2.24, 2.45) is 0 Å². The molecule has 0 spiro atoms. The van der Waals surface area contributed by atoms with Gasteiger partial charge in [-0.3, -0.25) is 9.59 Å². The van der Waals surface area contributed by atoms with Gasteiger partial charge in [0.1, 0.15) is 0 Å². The summed E-state index contributed by atoms with van der Waals surface area (Å²) >= 11 is 1.66. The van der Waals surface area contributed by atoms with E-state index in [1.165, 1.54) is 6.92 Å². The summed E-state index contributed by atoms with van der Waals surface area (Å²) in [7, 11) is 0. The summed E-state index contributed by atoms with van der Waals surface area (Å²) in [4.78, 5) is 23.7. The molecule has 0 heterocycles. The van der Waals surface area contributed by atoms with Crippen LogP contribution in [0.25, 0.3) is 0 Å². The van der Waals surface area contributed by atoms with Gasteiger partial charge in [-0.05, 0) is 29.5 Å². The Morgan fingerprint density at radius 2 is 1.83 bits per heavy atom. The molecule has 2 rings (SSSR count). The van der Waals surface area contributed by atoms with Crippen molar-refractivity contribution < 1.29 is 9.59 Å². The van der Waals surface area contributed by atoms with Crippen molar-refractivity contribution in [3.63, 3.8) is 0 Å². The first-order valence-corrected chi connectivity index (χ1v) is 9.17. The van der Waals surface area contributed by atoms with Crippen LogP contribution < -0.4 is 10.6 Å². The highest BCUT2D eigenvalue weighted by Crippen LogP contribution is 2.20. The smallest absolute Gasteiger partial charge is 0.228 e. The van der Waals surface area contributed by atoms with E-state index in [1.807, 2.05) is 60.9 Å². The molecule has 5 heteroatoms.